The Morgan fingerprint density at radius 2 is 1.86 bits per heavy atom. The number of nitrogens with zero attached hydrogens (tertiary/aromatic N) is 2. The number of hydrogen-bond donors (Lipinski definition) is 1. The van der Waals surface area contributed by atoms with E-state index in [0.717, 1.165) is 0 Å². The van der Waals surface area contributed by atoms with Gasteiger partial charge in [0.1, 0.15) is 5.75 Å². The largest absolute Gasteiger partial charge is 0.439 e. The number of aromatic nitrogens is 2. The van der Waals surface area contributed by atoms with Crippen LogP contribution in [0.4, 0.5) is 5.69 Å². The van der Waals surface area contributed by atoms with Gasteiger partial charge in [-0.2, -0.15) is 0 Å². The van der Waals surface area contributed by atoms with Gasteiger partial charge in [-0.05, 0) is 18.2 Å². The number of rotatable bonds is 2. The van der Waals surface area contributed by atoms with Gasteiger partial charge in [-0.25, -0.2) is 4.98 Å². The Morgan fingerprint density at radius 1 is 1.07 bits per heavy atom. The highest BCUT2D eigenvalue weighted by Crippen LogP contribution is 2.17. The molecule has 2 rings (SSSR count). The zero-order chi connectivity index (χ0) is 9.80. The number of nitrogens with two attached hydrogens (primary N) is 1. The average molecular weight is 187 g/mol. The number of nitrogen functional groups attached to an aromatic ring is 1. The summed E-state index contributed by atoms with van der Waals surface area (Å²) >= 11 is 0. The Bertz CT molecular complexity index is 399. The van der Waals surface area contributed by atoms with Crippen molar-refractivity contribution in [2.45, 2.75) is 0 Å². The van der Waals surface area contributed by atoms with E-state index in [1.54, 1.807) is 42.9 Å². The fourth-order valence-electron chi connectivity index (χ4n) is 0.979. The van der Waals surface area contributed by atoms with E-state index in [2.05, 4.69) is 9.97 Å². The van der Waals surface area contributed by atoms with Crippen LogP contribution in [-0.4, -0.2) is 9.97 Å². The first kappa shape index (κ1) is 8.50. The summed E-state index contributed by atoms with van der Waals surface area (Å²) in [6.07, 6.45) is 4.87. The molecule has 0 spiro atoms. The highest BCUT2D eigenvalue weighted by Gasteiger charge is 1.96. The SMILES string of the molecule is Nc1ccc(Oc2ccncc2)nc1. The molecule has 2 aromatic rings. The molecule has 0 aromatic carbocycles. The van der Waals surface area contributed by atoms with Crippen LogP contribution >= 0.6 is 0 Å². The van der Waals surface area contributed by atoms with Gasteiger partial charge < -0.3 is 10.5 Å². The number of hydrogen-bond acceptors (Lipinski definition) is 4. The third-order valence-electron chi connectivity index (χ3n) is 1.63. The minimum Gasteiger partial charge on any atom is -0.439 e. The minimum atomic E-state index is 0.519. The molecule has 0 aliphatic heterocycles. The molecular formula is C10H9N3O. The second kappa shape index (κ2) is 3.74. The Hall–Kier alpha value is -2.10. The smallest absolute Gasteiger partial charge is 0.219 e. The second-order valence-corrected chi connectivity index (χ2v) is 2.71. The van der Waals surface area contributed by atoms with Crippen molar-refractivity contribution in [2.24, 2.45) is 0 Å². The van der Waals surface area contributed by atoms with E-state index in [9.17, 15) is 0 Å². The third-order valence-corrected chi connectivity index (χ3v) is 1.63. The van der Waals surface area contributed by atoms with Crippen molar-refractivity contribution in [1.82, 2.24) is 9.97 Å². The van der Waals surface area contributed by atoms with E-state index in [1.165, 1.54) is 0 Å². The number of ether oxygens (including phenoxy) is 1. The van der Waals surface area contributed by atoms with Crippen molar-refractivity contribution < 1.29 is 4.74 Å². The second-order valence-electron chi connectivity index (χ2n) is 2.71. The fourth-order valence-corrected chi connectivity index (χ4v) is 0.979. The Morgan fingerprint density at radius 3 is 2.50 bits per heavy atom. The van der Waals surface area contributed by atoms with Gasteiger partial charge in [0, 0.05) is 18.5 Å². The predicted octanol–water partition coefficient (Wildman–Crippen LogP) is 1.85. The molecule has 2 N–H and O–H groups in total. The topological polar surface area (TPSA) is 61.0 Å². The van der Waals surface area contributed by atoms with E-state index in [0.29, 0.717) is 17.3 Å². The van der Waals surface area contributed by atoms with Gasteiger partial charge in [0.25, 0.3) is 0 Å². The molecule has 0 fully saturated rings. The van der Waals surface area contributed by atoms with Gasteiger partial charge in [-0.3, -0.25) is 4.98 Å². The van der Waals surface area contributed by atoms with E-state index >= 15 is 0 Å². The van der Waals surface area contributed by atoms with Crippen LogP contribution in [0.1, 0.15) is 0 Å². The van der Waals surface area contributed by atoms with E-state index < -0.39 is 0 Å². The molecule has 0 aliphatic rings. The number of pyridine rings is 2. The Kier molecular flexibility index (Phi) is 2.27. The van der Waals surface area contributed by atoms with Gasteiger partial charge in [0.15, 0.2) is 0 Å². The van der Waals surface area contributed by atoms with Crippen molar-refractivity contribution in [3.63, 3.8) is 0 Å². The molecule has 0 saturated heterocycles. The van der Waals surface area contributed by atoms with Crippen molar-refractivity contribution in [1.29, 1.82) is 0 Å². The molecule has 2 aromatic heterocycles. The molecule has 0 bridgehead atoms. The Labute approximate surface area is 81.4 Å². The first-order chi connectivity index (χ1) is 6.84. The van der Waals surface area contributed by atoms with Crippen LogP contribution < -0.4 is 10.5 Å². The lowest BCUT2D eigenvalue weighted by Crippen LogP contribution is -1.90. The van der Waals surface area contributed by atoms with Crippen molar-refractivity contribution >= 4 is 5.69 Å². The van der Waals surface area contributed by atoms with Crippen LogP contribution in [0.3, 0.4) is 0 Å². The molecule has 0 unspecified atom stereocenters. The van der Waals surface area contributed by atoms with Crippen LogP contribution in [0.15, 0.2) is 42.9 Å². The highest BCUT2D eigenvalue weighted by molar-refractivity contribution is 5.37. The Balaban J connectivity index is 2.16. The van der Waals surface area contributed by atoms with Crippen molar-refractivity contribution in [3.05, 3.63) is 42.9 Å². The standard InChI is InChI=1S/C10H9N3O/c11-8-1-2-10(13-7-8)14-9-3-5-12-6-4-9/h1-7H,11H2. The lowest BCUT2D eigenvalue weighted by atomic mass is 10.4. The normalized spacial score (nSPS) is 9.71. The predicted molar refractivity (Wildman–Crippen MR) is 53.0 cm³/mol. The minimum absolute atomic E-state index is 0.519. The average Bonchev–Trinajstić information content (AvgIpc) is 2.23. The maximum Gasteiger partial charge on any atom is 0.219 e. The van der Waals surface area contributed by atoms with Crippen LogP contribution in [0.2, 0.25) is 0 Å². The van der Waals surface area contributed by atoms with Crippen LogP contribution in [-0.2, 0) is 0 Å². The first-order valence-corrected chi connectivity index (χ1v) is 4.14. The van der Waals surface area contributed by atoms with Gasteiger partial charge in [0.05, 0.1) is 11.9 Å². The third kappa shape index (κ3) is 1.98. The molecule has 14 heavy (non-hydrogen) atoms. The summed E-state index contributed by atoms with van der Waals surface area (Å²) in [4.78, 5) is 7.89. The maximum absolute atomic E-state index is 5.49. The molecular weight excluding hydrogens is 178 g/mol. The van der Waals surface area contributed by atoms with Crippen molar-refractivity contribution in [3.8, 4) is 11.6 Å². The van der Waals surface area contributed by atoms with E-state index in [-0.39, 0.29) is 0 Å². The van der Waals surface area contributed by atoms with Crippen LogP contribution in [0.25, 0.3) is 0 Å². The molecule has 0 aliphatic carbocycles. The van der Waals surface area contributed by atoms with Crippen LogP contribution in [0.5, 0.6) is 11.6 Å². The van der Waals surface area contributed by atoms with E-state index in [4.69, 9.17) is 10.5 Å². The highest BCUT2D eigenvalue weighted by atomic mass is 16.5. The molecule has 0 atom stereocenters. The molecule has 0 amide bonds. The summed E-state index contributed by atoms with van der Waals surface area (Å²) in [5.74, 6) is 1.22. The van der Waals surface area contributed by atoms with Crippen LogP contribution in [0, 0.1) is 0 Å². The summed E-state index contributed by atoms with van der Waals surface area (Å²) in [7, 11) is 0. The summed E-state index contributed by atoms with van der Waals surface area (Å²) in [6.45, 7) is 0. The molecule has 4 heteroatoms. The van der Waals surface area contributed by atoms with E-state index in [1.807, 2.05) is 0 Å². The van der Waals surface area contributed by atoms with Gasteiger partial charge in [-0.15, -0.1) is 0 Å². The van der Waals surface area contributed by atoms with Gasteiger partial charge in [-0.1, -0.05) is 0 Å². The quantitative estimate of drug-likeness (QED) is 0.779. The van der Waals surface area contributed by atoms with Crippen molar-refractivity contribution in [2.75, 3.05) is 5.73 Å². The molecule has 0 saturated carbocycles. The van der Waals surface area contributed by atoms with Gasteiger partial charge in [0.2, 0.25) is 5.88 Å². The summed E-state index contributed by atoms with van der Waals surface area (Å²) in [5.41, 5.74) is 6.11. The first-order valence-electron chi connectivity index (χ1n) is 4.14. The lowest BCUT2D eigenvalue weighted by Gasteiger charge is -2.03. The fraction of sp³-hybridized carbons (Fsp3) is 0. The molecule has 4 nitrogen and oxygen atoms in total. The summed E-state index contributed by atoms with van der Waals surface area (Å²) in [6, 6.07) is 6.98. The summed E-state index contributed by atoms with van der Waals surface area (Å²) < 4.78 is 5.43. The zero-order valence-corrected chi connectivity index (χ0v) is 7.42. The molecule has 0 radical (unpaired) electrons. The molecule has 70 valence electrons. The number of anilines is 1. The monoisotopic (exact) mass is 187 g/mol. The lowest BCUT2D eigenvalue weighted by molar-refractivity contribution is 0.462. The maximum atomic E-state index is 5.49. The summed E-state index contributed by atoms with van der Waals surface area (Å²) in [5, 5.41) is 0. The molecule has 2 heterocycles. The zero-order valence-electron chi connectivity index (χ0n) is 7.42. The van der Waals surface area contributed by atoms with Gasteiger partial charge >= 0.3 is 0 Å².